The average molecular weight is 317 g/mol. The number of benzene rings is 1. The van der Waals surface area contributed by atoms with Crippen LogP contribution in [-0.4, -0.2) is 16.5 Å². The van der Waals surface area contributed by atoms with E-state index in [1.165, 1.54) is 37.1 Å². The maximum Gasteiger partial charge on any atom is 0.338 e. The molecular weight excluding hydrogens is 294 g/mol. The van der Waals surface area contributed by atoms with Crippen LogP contribution in [0.2, 0.25) is 0 Å². The van der Waals surface area contributed by atoms with Gasteiger partial charge < -0.3 is 4.74 Å². The summed E-state index contributed by atoms with van der Waals surface area (Å²) in [5.41, 5.74) is 0.0887. The number of hydrogen-bond donors (Lipinski definition) is 0. The van der Waals surface area contributed by atoms with Crippen molar-refractivity contribution in [2.45, 2.75) is 63.9 Å². The lowest BCUT2D eigenvalue weighted by Crippen LogP contribution is -2.53. The summed E-state index contributed by atoms with van der Waals surface area (Å²) in [7, 11) is 0. The van der Waals surface area contributed by atoms with E-state index in [1.54, 1.807) is 0 Å². The fourth-order valence-electron chi connectivity index (χ4n) is 4.34. The summed E-state index contributed by atoms with van der Waals surface area (Å²) < 4.78 is 6.06. The lowest BCUT2D eigenvalue weighted by Gasteiger charge is -2.54. The van der Waals surface area contributed by atoms with Crippen LogP contribution >= 0.6 is 0 Å². The number of nitro benzene ring substituents is 1. The number of ether oxygens (including phenoxy) is 1. The summed E-state index contributed by atoms with van der Waals surface area (Å²) in [5, 5.41) is 10.7. The van der Waals surface area contributed by atoms with Crippen molar-refractivity contribution in [2.24, 2.45) is 5.41 Å². The van der Waals surface area contributed by atoms with Crippen molar-refractivity contribution in [1.29, 1.82) is 0 Å². The molecule has 124 valence electrons. The van der Waals surface area contributed by atoms with Gasteiger partial charge in [0.15, 0.2) is 0 Å². The first-order valence-electron chi connectivity index (χ1n) is 8.44. The second kappa shape index (κ2) is 5.95. The third-order valence-corrected chi connectivity index (χ3v) is 5.82. The SMILES string of the molecule is CC12CCCCC1(OC(=O)c1ccc([N+](=O)[O-])cc1)CCCC2. The lowest BCUT2D eigenvalue weighted by molar-refractivity contribution is -0.384. The Labute approximate surface area is 136 Å². The monoisotopic (exact) mass is 317 g/mol. The van der Waals surface area contributed by atoms with Gasteiger partial charge in [-0.2, -0.15) is 0 Å². The predicted octanol–water partition coefficient (Wildman–Crippen LogP) is 4.64. The Morgan fingerprint density at radius 3 is 2.09 bits per heavy atom. The van der Waals surface area contributed by atoms with Gasteiger partial charge in [0.2, 0.25) is 0 Å². The molecule has 0 heterocycles. The third kappa shape index (κ3) is 2.84. The molecular formula is C18H23NO4. The van der Waals surface area contributed by atoms with E-state index in [-0.39, 0.29) is 22.7 Å². The molecule has 0 radical (unpaired) electrons. The van der Waals surface area contributed by atoms with Gasteiger partial charge in [0.05, 0.1) is 10.5 Å². The zero-order chi connectivity index (χ0) is 16.5. The molecule has 1 aromatic rings. The summed E-state index contributed by atoms with van der Waals surface area (Å²) in [6, 6.07) is 5.69. The van der Waals surface area contributed by atoms with Crippen LogP contribution in [0.1, 0.15) is 68.6 Å². The number of carbonyl (C=O) groups is 1. The largest absolute Gasteiger partial charge is 0.455 e. The molecule has 0 bridgehead atoms. The van der Waals surface area contributed by atoms with Crippen LogP contribution in [0.4, 0.5) is 5.69 Å². The molecule has 0 saturated heterocycles. The number of rotatable bonds is 3. The maximum absolute atomic E-state index is 12.6. The molecule has 0 amide bonds. The summed E-state index contributed by atoms with van der Waals surface area (Å²) in [6.07, 6.45) is 8.69. The Balaban J connectivity index is 1.81. The molecule has 2 aliphatic rings. The number of nitrogens with zero attached hydrogens (tertiary/aromatic N) is 1. The zero-order valence-corrected chi connectivity index (χ0v) is 13.5. The van der Waals surface area contributed by atoms with Gasteiger partial charge in [-0.1, -0.05) is 19.8 Å². The number of fused-ring (bicyclic) bond motifs is 1. The van der Waals surface area contributed by atoms with Gasteiger partial charge >= 0.3 is 5.97 Å². The Kier molecular flexibility index (Phi) is 4.13. The van der Waals surface area contributed by atoms with Crippen LogP contribution in [0.15, 0.2) is 24.3 Å². The molecule has 3 rings (SSSR count). The molecule has 0 unspecified atom stereocenters. The van der Waals surface area contributed by atoms with Gasteiger partial charge in [-0.25, -0.2) is 4.79 Å². The van der Waals surface area contributed by atoms with E-state index in [2.05, 4.69) is 6.92 Å². The molecule has 0 N–H and O–H groups in total. The predicted molar refractivity (Wildman–Crippen MR) is 86.3 cm³/mol. The highest BCUT2D eigenvalue weighted by Crippen LogP contribution is 2.55. The normalized spacial score (nSPS) is 30.3. The van der Waals surface area contributed by atoms with E-state index < -0.39 is 4.92 Å². The van der Waals surface area contributed by atoms with Crippen LogP contribution in [0, 0.1) is 15.5 Å². The highest BCUT2D eigenvalue weighted by molar-refractivity contribution is 5.90. The van der Waals surface area contributed by atoms with Crippen LogP contribution in [-0.2, 0) is 4.74 Å². The number of non-ortho nitro benzene ring substituents is 1. The first-order valence-corrected chi connectivity index (χ1v) is 8.44. The van der Waals surface area contributed by atoms with Crippen molar-refractivity contribution >= 4 is 11.7 Å². The van der Waals surface area contributed by atoms with Crippen molar-refractivity contribution < 1.29 is 14.5 Å². The zero-order valence-electron chi connectivity index (χ0n) is 13.5. The second-order valence-electron chi connectivity index (χ2n) is 7.16. The standard InChI is InChI=1S/C18H23NO4/c1-17-10-2-4-12-18(17,13-5-3-11-17)23-16(20)14-6-8-15(9-7-14)19(21)22/h6-9H,2-5,10-13H2,1H3. The molecule has 0 atom stereocenters. The molecule has 2 aliphatic carbocycles. The minimum absolute atomic E-state index is 0.0140. The van der Waals surface area contributed by atoms with Gasteiger partial charge in [-0.15, -0.1) is 0 Å². The summed E-state index contributed by atoms with van der Waals surface area (Å²) in [4.78, 5) is 22.8. The highest BCUT2D eigenvalue weighted by Gasteiger charge is 2.53. The maximum atomic E-state index is 12.6. The molecule has 1 aromatic carbocycles. The van der Waals surface area contributed by atoms with Crippen molar-refractivity contribution in [3.05, 3.63) is 39.9 Å². The molecule has 5 heteroatoms. The Hall–Kier alpha value is -1.91. The van der Waals surface area contributed by atoms with Crippen LogP contribution in [0.3, 0.4) is 0 Å². The van der Waals surface area contributed by atoms with Crippen LogP contribution in [0.5, 0.6) is 0 Å². The summed E-state index contributed by atoms with van der Waals surface area (Å²) in [6.45, 7) is 2.26. The Morgan fingerprint density at radius 1 is 1.04 bits per heavy atom. The molecule has 23 heavy (non-hydrogen) atoms. The van der Waals surface area contributed by atoms with Crippen molar-refractivity contribution in [3.63, 3.8) is 0 Å². The number of esters is 1. The first kappa shape index (κ1) is 16.0. The summed E-state index contributed by atoms with van der Waals surface area (Å²) >= 11 is 0. The molecule has 2 fully saturated rings. The Bertz CT molecular complexity index is 596. The molecule has 2 saturated carbocycles. The van der Waals surface area contributed by atoms with Crippen molar-refractivity contribution in [1.82, 2.24) is 0 Å². The fourth-order valence-corrected chi connectivity index (χ4v) is 4.34. The molecule has 0 aliphatic heterocycles. The van der Waals surface area contributed by atoms with E-state index in [9.17, 15) is 14.9 Å². The van der Waals surface area contributed by atoms with E-state index in [0.717, 1.165) is 38.5 Å². The van der Waals surface area contributed by atoms with Crippen molar-refractivity contribution in [3.8, 4) is 0 Å². The van der Waals surface area contributed by atoms with Gasteiger partial charge in [0, 0.05) is 17.5 Å². The van der Waals surface area contributed by atoms with E-state index in [0.29, 0.717) is 5.56 Å². The quantitative estimate of drug-likeness (QED) is 0.462. The van der Waals surface area contributed by atoms with Gasteiger partial charge in [0.25, 0.3) is 5.69 Å². The molecule has 0 aromatic heterocycles. The lowest BCUT2D eigenvalue weighted by atomic mass is 9.57. The topological polar surface area (TPSA) is 69.4 Å². The minimum atomic E-state index is -0.465. The molecule has 5 nitrogen and oxygen atoms in total. The third-order valence-electron chi connectivity index (χ3n) is 5.82. The number of hydrogen-bond acceptors (Lipinski definition) is 4. The van der Waals surface area contributed by atoms with Gasteiger partial charge in [0.1, 0.15) is 5.60 Å². The number of carbonyl (C=O) groups excluding carboxylic acids is 1. The van der Waals surface area contributed by atoms with Gasteiger partial charge in [-0.05, 0) is 50.7 Å². The molecule has 0 spiro atoms. The smallest absolute Gasteiger partial charge is 0.338 e. The van der Waals surface area contributed by atoms with Crippen LogP contribution < -0.4 is 0 Å². The Morgan fingerprint density at radius 2 is 1.57 bits per heavy atom. The van der Waals surface area contributed by atoms with E-state index >= 15 is 0 Å². The number of nitro groups is 1. The van der Waals surface area contributed by atoms with Crippen LogP contribution in [0.25, 0.3) is 0 Å². The van der Waals surface area contributed by atoms with E-state index in [1.807, 2.05) is 0 Å². The van der Waals surface area contributed by atoms with E-state index in [4.69, 9.17) is 4.74 Å². The second-order valence-corrected chi connectivity index (χ2v) is 7.16. The minimum Gasteiger partial charge on any atom is -0.455 e. The van der Waals surface area contributed by atoms with Gasteiger partial charge in [-0.3, -0.25) is 10.1 Å². The average Bonchev–Trinajstić information content (AvgIpc) is 2.55. The fraction of sp³-hybridized carbons (Fsp3) is 0.611. The van der Waals surface area contributed by atoms with Crippen molar-refractivity contribution in [2.75, 3.05) is 0 Å². The summed E-state index contributed by atoms with van der Waals surface area (Å²) in [5.74, 6) is -0.352. The first-order chi connectivity index (χ1) is 11.0. The highest BCUT2D eigenvalue weighted by atomic mass is 16.6.